The molecule has 1 aliphatic heterocycles. The van der Waals surface area contributed by atoms with Crippen molar-refractivity contribution < 1.29 is 9.47 Å². The Balaban J connectivity index is 0.00000162. The first-order valence-electron chi connectivity index (χ1n) is 5.79. The molecule has 3 nitrogen and oxygen atoms in total. The summed E-state index contributed by atoms with van der Waals surface area (Å²) in [7, 11) is 0. The van der Waals surface area contributed by atoms with Crippen molar-refractivity contribution in [2.75, 3.05) is 13.2 Å². The number of ether oxygens (including phenoxy) is 2. The van der Waals surface area contributed by atoms with Crippen molar-refractivity contribution in [2.24, 2.45) is 0 Å². The highest BCUT2D eigenvalue weighted by Gasteiger charge is 2.24. The molecule has 1 aromatic carbocycles. The molecule has 98 valence electrons. The maximum atomic E-state index is 9.18. The van der Waals surface area contributed by atoms with Crippen LogP contribution in [0.2, 0.25) is 0 Å². The van der Waals surface area contributed by atoms with E-state index in [1.807, 2.05) is 39.0 Å². The highest BCUT2D eigenvalue weighted by Crippen LogP contribution is 2.30. The van der Waals surface area contributed by atoms with Crippen LogP contribution in [0.5, 0.6) is 0 Å². The molecule has 4 heteroatoms. The van der Waals surface area contributed by atoms with E-state index >= 15 is 0 Å². The van der Waals surface area contributed by atoms with E-state index in [0.717, 1.165) is 16.7 Å². The summed E-state index contributed by atoms with van der Waals surface area (Å²) >= 11 is 0. The zero-order valence-electron chi connectivity index (χ0n) is 10.9. The second-order valence-electron chi connectivity index (χ2n) is 4.94. The number of hydrogen-bond donors (Lipinski definition) is 0. The maximum absolute atomic E-state index is 9.18. The van der Waals surface area contributed by atoms with Gasteiger partial charge in [-0.2, -0.15) is 5.26 Å². The molecule has 0 bridgehead atoms. The standard InChI is InChI=1S/C14H17NO2.BrH/c1-10-6-11(13-16-4-5-17-13)8-12(7-10)14(2,3)9-15;/h6-8,13H,4-5H2,1-3H3;1H. The third kappa shape index (κ3) is 3.11. The summed E-state index contributed by atoms with van der Waals surface area (Å²) in [6, 6.07) is 8.42. The van der Waals surface area contributed by atoms with Crippen molar-refractivity contribution in [3.05, 3.63) is 34.9 Å². The van der Waals surface area contributed by atoms with E-state index in [1.165, 1.54) is 0 Å². The lowest BCUT2D eigenvalue weighted by atomic mass is 9.84. The molecule has 18 heavy (non-hydrogen) atoms. The van der Waals surface area contributed by atoms with Crippen LogP contribution in [0.1, 0.15) is 36.8 Å². The van der Waals surface area contributed by atoms with Gasteiger partial charge in [0, 0.05) is 5.56 Å². The van der Waals surface area contributed by atoms with Crippen molar-refractivity contribution in [2.45, 2.75) is 32.5 Å². The van der Waals surface area contributed by atoms with Crippen LogP contribution in [-0.2, 0) is 14.9 Å². The summed E-state index contributed by atoms with van der Waals surface area (Å²) in [4.78, 5) is 0. The Labute approximate surface area is 118 Å². The van der Waals surface area contributed by atoms with Gasteiger partial charge >= 0.3 is 0 Å². The lowest BCUT2D eigenvalue weighted by Crippen LogP contribution is -2.15. The van der Waals surface area contributed by atoms with E-state index in [2.05, 4.69) is 6.07 Å². The second kappa shape index (κ2) is 5.83. The monoisotopic (exact) mass is 311 g/mol. The Morgan fingerprint density at radius 2 is 1.83 bits per heavy atom. The number of hydrogen-bond acceptors (Lipinski definition) is 3. The minimum Gasteiger partial charge on any atom is -0.346 e. The number of rotatable bonds is 2. The fraction of sp³-hybridized carbons (Fsp3) is 0.500. The van der Waals surface area contributed by atoms with Crippen molar-refractivity contribution in [1.29, 1.82) is 5.26 Å². The molecule has 0 radical (unpaired) electrons. The fourth-order valence-corrected chi connectivity index (χ4v) is 1.93. The first-order valence-corrected chi connectivity index (χ1v) is 5.79. The average Bonchev–Trinajstić information content (AvgIpc) is 2.81. The summed E-state index contributed by atoms with van der Waals surface area (Å²) in [6.45, 7) is 7.13. The topological polar surface area (TPSA) is 42.2 Å². The van der Waals surface area contributed by atoms with E-state index in [4.69, 9.17) is 9.47 Å². The van der Waals surface area contributed by atoms with E-state index in [9.17, 15) is 5.26 Å². The first-order chi connectivity index (χ1) is 8.03. The van der Waals surface area contributed by atoms with Gasteiger partial charge in [0.1, 0.15) is 0 Å². The molecule has 1 fully saturated rings. The van der Waals surface area contributed by atoms with Gasteiger partial charge in [0.15, 0.2) is 6.29 Å². The van der Waals surface area contributed by atoms with Crippen molar-refractivity contribution in [3.63, 3.8) is 0 Å². The number of nitriles is 1. The first kappa shape index (κ1) is 15.2. The summed E-state index contributed by atoms with van der Waals surface area (Å²) in [5.41, 5.74) is 2.65. The van der Waals surface area contributed by atoms with Crippen LogP contribution < -0.4 is 0 Å². The Kier molecular flexibility index (Phi) is 4.92. The normalized spacial score (nSPS) is 16.1. The Morgan fingerprint density at radius 1 is 1.22 bits per heavy atom. The minimum atomic E-state index is -0.487. The molecule has 0 atom stereocenters. The van der Waals surface area contributed by atoms with Gasteiger partial charge in [-0.15, -0.1) is 17.0 Å². The number of nitrogens with zero attached hydrogens (tertiary/aromatic N) is 1. The van der Waals surface area contributed by atoms with E-state index in [-0.39, 0.29) is 23.3 Å². The maximum Gasteiger partial charge on any atom is 0.184 e. The van der Waals surface area contributed by atoms with Crippen LogP contribution in [0.3, 0.4) is 0 Å². The molecule has 0 aliphatic carbocycles. The number of halogens is 1. The minimum absolute atomic E-state index is 0. The van der Waals surface area contributed by atoms with Crippen LogP contribution in [0.25, 0.3) is 0 Å². The molecule has 1 aromatic rings. The Hall–Kier alpha value is -0.890. The smallest absolute Gasteiger partial charge is 0.184 e. The SMILES string of the molecule is Br.Cc1cc(C2OCCO2)cc(C(C)(C)C#N)c1. The molecule has 0 spiro atoms. The summed E-state index contributed by atoms with van der Waals surface area (Å²) in [5.74, 6) is 0. The van der Waals surface area contributed by atoms with Crippen LogP contribution in [0.15, 0.2) is 18.2 Å². The lowest BCUT2D eigenvalue weighted by Gasteiger charge is -2.19. The van der Waals surface area contributed by atoms with Gasteiger partial charge in [-0.3, -0.25) is 0 Å². The van der Waals surface area contributed by atoms with Gasteiger partial charge in [-0.25, -0.2) is 0 Å². The molecule has 2 rings (SSSR count). The van der Waals surface area contributed by atoms with Gasteiger partial charge in [0.2, 0.25) is 0 Å². The number of benzene rings is 1. The Bertz CT molecular complexity index is 459. The van der Waals surface area contributed by atoms with Crippen LogP contribution in [0.4, 0.5) is 0 Å². The van der Waals surface area contributed by atoms with Crippen molar-refractivity contribution in [3.8, 4) is 6.07 Å². The molecule has 1 aliphatic rings. The van der Waals surface area contributed by atoms with Gasteiger partial charge in [0.25, 0.3) is 0 Å². The summed E-state index contributed by atoms with van der Waals surface area (Å²) in [6.07, 6.45) is -0.275. The molecule has 0 unspecified atom stereocenters. The zero-order chi connectivity index (χ0) is 12.5. The van der Waals surface area contributed by atoms with Crippen molar-refractivity contribution >= 4 is 17.0 Å². The predicted molar refractivity (Wildman–Crippen MR) is 74.8 cm³/mol. The van der Waals surface area contributed by atoms with Gasteiger partial charge in [0.05, 0.1) is 24.7 Å². The Morgan fingerprint density at radius 3 is 2.39 bits per heavy atom. The summed E-state index contributed by atoms with van der Waals surface area (Å²) in [5, 5.41) is 9.18. The van der Waals surface area contributed by atoms with E-state index in [1.54, 1.807) is 0 Å². The highest BCUT2D eigenvalue weighted by atomic mass is 79.9. The van der Waals surface area contributed by atoms with Gasteiger partial charge < -0.3 is 9.47 Å². The van der Waals surface area contributed by atoms with Gasteiger partial charge in [-0.1, -0.05) is 17.7 Å². The molecule has 0 N–H and O–H groups in total. The molecule has 1 heterocycles. The predicted octanol–water partition coefficient (Wildman–Crippen LogP) is 3.42. The second-order valence-corrected chi connectivity index (χ2v) is 4.94. The van der Waals surface area contributed by atoms with E-state index < -0.39 is 5.41 Å². The van der Waals surface area contributed by atoms with E-state index in [0.29, 0.717) is 13.2 Å². The lowest BCUT2D eigenvalue weighted by molar-refractivity contribution is -0.0442. The molecule has 0 saturated carbocycles. The molecular formula is C14H18BrNO2. The van der Waals surface area contributed by atoms with Crippen LogP contribution in [-0.4, -0.2) is 13.2 Å². The fourth-order valence-electron chi connectivity index (χ4n) is 1.93. The highest BCUT2D eigenvalue weighted by molar-refractivity contribution is 8.93. The van der Waals surface area contributed by atoms with Crippen LogP contribution in [0, 0.1) is 18.3 Å². The third-order valence-electron chi connectivity index (χ3n) is 2.99. The van der Waals surface area contributed by atoms with Gasteiger partial charge in [-0.05, 0) is 32.4 Å². The zero-order valence-corrected chi connectivity index (χ0v) is 12.6. The van der Waals surface area contributed by atoms with Crippen LogP contribution >= 0.6 is 17.0 Å². The molecular weight excluding hydrogens is 294 g/mol. The summed E-state index contributed by atoms with van der Waals surface area (Å²) < 4.78 is 11.0. The molecule has 0 aromatic heterocycles. The third-order valence-corrected chi connectivity index (χ3v) is 2.99. The number of aryl methyl sites for hydroxylation is 1. The average molecular weight is 312 g/mol. The largest absolute Gasteiger partial charge is 0.346 e. The van der Waals surface area contributed by atoms with Crippen molar-refractivity contribution in [1.82, 2.24) is 0 Å². The molecule has 1 saturated heterocycles. The molecule has 0 amide bonds. The quantitative estimate of drug-likeness (QED) is 0.840.